The monoisotopic (exact) mass is 354 g/mol. The summed E-state index contributed by atoms with van der Waals surface area (Å²) in [5.74, 6) is 1.54. The smallest absolute Gasteiger partial charge is 0.154 e. The van der Waals surface area contributed by atoms with E-state index in [1.165, 1.54) is 0 Å². The van der Waals surface area contributed by atoms with E-state index in [2.05, 4.69) is 31.7 Å². The second-order valence-corrected chi connectivity index (χ2v) is 6.09. The minimum atomic E-state index is 0.330. The fourth-order valence-corrected chi connectivity index (χ4v) is 2.59. The van der Waals surface area contributed by atoms with Crippen molar-refractivity contribution >= 4 is 35.7 Å². The molecule has 0 radical (unpaired) electrons. The number of anilines is 1. The highest BCUT2D eigenvalue weighted by Crippen LogP contribution is 2.20. The topological polar surface area (TPSA) is 70.6 Å². The van der Waals surface area contributed by atoms with Crippen LogP contribution in [0.2, 0.25) is 5.15 Å². The van der Waals surface area contributed by atoms with E-state index in [1.54, 1.807) is 6.08 Å². The van der Waals surface area contributed by atoms with Gasteiger partial charge in [0.25, 0.3) is 0 Å². The van der Waals surface area contributed by atoms with E-state index in [0.29, 0.717) is 16.1 Å². The van der Waals surface area contributed by atoms with Crippen LogP contribution in [0, 0.1) is 6.92 Å². The molecule has 0 aromatic carbocycles. The Morgan fingerprint density at radius 3 is 2.57 bits per heavy atom. The van der Waals surface area contributed by atoms with E-state index in [4.69, 9.17) is 28.9 Å². The minimum absolute atomic E-state index is 0.330. The van der Waals surface area contributed by atoms with Crippen LogP contribution in [0.5, 0.6) is 0 Å². The molecule has 0 spiro atoms. The molecule has 0 aliphatic carbocycles. The third-order valence-electron chi connectivity index (χ3n) is 3.75. The summed E-state index contributed by atoms with van der Waals surface area (Å²) in [4.78, 5) is 7.94. The summed E-state index contributed by atoms with van der Waals surface area (Å²) in [7, 11) is 0. The van der Waals surface area contributed by atoms with Gasteiger partial charge in [-0.15, -0.1) is 10.2 Å². The number of aliphatic imine (C=N–C) groups is 1. The van der Waals surface area contributed by atoms with Gasteiger partial charge in [-0.3, -0.25) is 4.99 Å². The Labute approximate surface area is 146 Å². The molecule has 1 aliphatic heterocycles. The lowest BCUT2D eigenvalue weighted by atomic mass is 10.2. The molecule has 0 atom stereocenters. The summed E-state index contributed by atoms with van der Waals surface area (Å²) in [5.41, 5.74) is 7.99. The van der Waals surface area contributed by atoms with E-state index in [-0.39, 0.29) is 0 Å². The number of piperazine rings is 1. The second kappa shape index (κ2) is 7.66. The van der Waals surface area contributed by atoms with Crippen molar-refractivity contribution in [3.63, 3.8) is 0 Å². The molecule has 1 aromatic heterocycles. The number of nitrogens with two attached hydrogens (primary N) is 1. The summed E-state index contributed by atoms with van der Waals surface area (Å²) in [5, 5.41) is 8.89. The van der Waals surface area contributed by atoms with E-state index < -0.39 is 0 Å². The van der Waals surface area contributed by atoms with Crippen molar-refractivity contribution in [3.05, 3.63) is 39.4 Å². The number of hydrogen-bond acceptors (Lipinski definition) is 6. The molecule has 1 aromatic rings. The van der Waals surface area contributed by atoms with Gasteiger partial charge in [0.15, 0.2) is 11.0 Å². The van der Waals surface area contributed by atoms with Gasteiger partial charge in [0.05, 0.1) is 0 Å². The predicted molar refractivity (Wildman–Crippen MR) is 95.9 cm³/mol. The molecule has 1 fully saturated rings. The van der Waals surface area contributed by atoms with Crippen LogP contribution in [0.3, 0.4) is 0 Å². The van der Waals surface area contributed by atoms with Crippen molar-refractivity contribution < 1.29 is 0 Å². The quantitative estimate of drug-likeness (QED) is 0.511. The summed E-state index contributed by atoms with van der Waals surface area (Å²) in [6.07, 6.45) is 1.71. The SMILES string of the molecule is C=N/C(Cl)=C\C(C)=C(/N)N1CCN(c2cc(C)c(Cl)nn2)CC1. The van der Waals surface area contributed by atoms with Crippen LogP contribution in [0.15, 0.2) is 33.7 Å². The summed E-state index contributed by atoms with van der Waals surface area (Å²) < 4.78 is 0. The molecule has 0 saturated carbocycles. The third kappa shape index (κ3) is 4.36. The standard InChI is InChI=1S/C15H20Cl2N6/c1-10-9-13(20-21-14(10)17)22-4-6-23(7-5-22)15(18)11(2)8-12(16)19-3/h8-9H,3-7,18H2,1-2H3/b12-8-,15-11+. The normalized spacial score (nSPS) is 17.1. The molecule has 0 bridgehead atoms. The molecule has 124 valence electrons. The van der Waals surface area contributed by atoms with Crippen molar-refractivity contribution in [1.29, 1.82) is 0 Å². The van der Waals surface area contributed by atoms with Crippen LogP contribution in [-0.2, 0) is 0 Å². The molecule has 0 amide bonds. The van der Waals surface area contributed by atoms with E-state index in [1.807, 2.05) is 19.9 Å². The van der Waals surface area contributed by atoms with Gasteiger partial charge in [-0.05, 0) is 43.8 Å². The van der Waals surface area contributed by atoms with Crippen LogP contribution in [0.25, 0.3) is 0 Å². The predicted octanol–water partition coefficient (Wildman–Crippen LogP) is 2.53. The molecule has 2 N–H and O–H groups in total. The zero-order chi connectivity index (χ0) is 17.0. The first-order valence-electron chi connectivity index (χ1n) is 7.22. The Bertz CT molecular complexity index is 647. The molecular formula is C15H20Cl2N6. The second-order valence-electron chi connectivity index (χ2n) is 5.34. The maximum atomic E-state index is 6.20. The molecule has 2 heterocycles. The maximum Gasteiger partial charge on any atom is 0.154 e. The number of aromatic nitrogens is 2. The first kappa shape index (κ1) is 17.6. The number of hydrogen-bond donors (Lipinski definition) is 1. The van der Waals surface area contributed by atoms with E-state index in [0.717, 1.165) is 43.1 Å². The van der Waals surface area contributed by atoms with Gasteiger partial charge in [0.2, 0.25) is 0 Å². The lowest BCUT2D eigenvalue weighted by Gasteiger charge is -2.37. The molecule has 0 unspecified atom stereocenters. The van der Waals surface area contributed by atoms with Crippen LogP contribution in [-0.4, -0.2) is 48.0 Å². The molecule has 1 saturated heterocycles. The van der Waals surface area contributed by atoms with Gasteiger partial charge in [-0.1, -0.05) is 23.2 Å². The average Bonchev–Trinajstić information content (AvgIpc) is 2.56. The van der Waals surface area contributed by atoms with Gasteiger partial charge in [0, 0.05) is 26.2 Å². The molecule has 23 heavy (non-hydrogen) atoms. The lowest BCUT2D eigenvalue weighted by Crippen LogP contribution is -2.47. The Morgan fingerprint density at radius 1 is 1.35 bits per heavy atom. The number of allylic oxidation sites excluding steroid dienone is 2. The fraction of sp³-hybridized carbons (Fsp3) is 0.400. The highest BCUT2D eigenvalue weighted by molar-refractivity contribution is 6.30. The Kier molecular flexibility index (Phi) is 5.85. The number of nitrogens with zero attached hydrogens (tertiary/aromatic N) is 5. The summed E-state index contributed by atoms with van der Waals surface area (Å²) >= 11 is 11.8. The largest absolute Gasteiger partial charge is 0.385 e. The summed E-state index contributed by atoms with van der Waals surface area (Å²) in [6, 6.07) is 1.95. The Hall–Kier alpha value is -1.79. The number of aryl methyl sites for hydroxylation is 1. The first-order chi connectivity index (χ1) is 10.9. The van der Waals surface area contributed by atoms with E-state index in [9.17, 15) is 0 Å². The first-order valence-corrected chi connectivity index (χ1v) is 7.98. The van der Waals surface area contributed by atoms with Crippen LogP contribution < -0.4 is 10.6 Å². The van der Waals surface area contributed by atoms with Crippen molar-refractivity contribution in [3.8, 4) is 0 Å². The fourth-order valence-electron chi connectivity index (χ4n) is 2.33. The van der Waals surface area contributed by atoms with Crippen molar-refractivity contribution in [1.82, 2.24) is 15.1 Å². The Balaban J connectivity index is 2.04. The molecule has 8 heteroatoms. The van der Waals surface area contributed by atoms with Crippen LogP contribution in [0.4, 0.5) is 5.82 Å². The molecule has 6 nitrogen and oxygen atoms in total. The highest BCUT2D eigenvalue weighted by atomic mass is 35.5. The summed E-state index contributed by atoms with van der Waals surface area (Å²) in [6.45, 7) is 10.4. The lowest BCUT2D eigenvalue weighted by molar-refractivity contribution is 0.315. The molecule has 1 aliphatic rings. The minimum Gasteiger partial charge on any atom is -0.385 e. The van der Waals surface area contributed by atoms with Gasteiger partial charge in [0.1, 0.15) is 11.0 Å². The molecular weight excluding hydrogens is 335 g/mol. The maximum absolute atomic E-state index is 6.20. The van der Waals surface area contributed by atoms with Gasteiger partial charge in [-0.25, -0.2) is 0 Å². The van der Waals surface area contributed by atoms with Crippen molar-refractivity contribution in [2.24, 2.45) is 10.7 Å². The highest BCUT2D eigenvalue weighted by Gasteiger charge is 2.20. The third-order valence-corrected chi connectivity index (χ3v) is 4.35. The number of halogens is 2. The van der Waals surface area contributed by atoms with Crippen molar-refractivity contribution in [2.45, 2.75) is 13.8 Å². The van der Waals surface area contributed by atoms with Crippen molar-refractivity contribution in [2.75, 3.05) is 31.1 Å². The molecule has 2 rings (SSSR count). The average molecular weight is 355 g/mol. The van der Waals surface area contributed by atoms with E-state index >= 15 is 0 Å². The van der Waals surface area contributed by atoms with Gasteiger partial charge in [-0.2, -0.15) is 0 Å². The van der Waals surface area contributed by atoms with Gasteiger partial charge < -0.3 is 15.5 Å². The zero-order valence-electron chi connectivity index (χ0n) is 13.3. The zero-order valence-corrected chi connectivity index (χ0v) is 14.8. The Morgan fingerprint density at radius 2 is 2.00 bits per heavy atom. The van der Waals surface area contributed by atoms with Crippen LogP contribution in [0.1, 0.15) is 12.5 Å². The van der Waals surface area contributed by atoms with Crippen LogP contribution >= 0.6 is 23.2 Å². The van der Waals surface area contributed by atoms with Gasteiger partial charge >= 0.3 is 0 Å². The number of rotatable bonds is 4.